The highest BCUT2D eigenvalue weighted by Crippen LogP contribution is 2.33. The van der Waals surface area contributed by atoms with Gasteiger partial charge in [-0.3, -0.25) is 14.9 Å². The van der Waals surface area contributed by atoms with Gasteiger partial charge in [0.1, 0.15) is 18.6 Å². The molecule has 1 heterocycles. The quantitative estimate of drug-likeness (QED) is 0.723. The molecular formula is C11H17F3N2O3. The SMILES string of the molecule is CC(C)C[C@H](N[C@@H]1C(=O)OCC1C(F)(F)F)C(N)=O. The molecule has 8 heteroatoms. The van der Waals surface area contributed by atoms with E-state index in [1.54, 1.807) is 13.8 Å². The maximum atomic E-state index is 12.7. The Bertz CT molecular complexity index is 358. The van der Waals surface area contributed by atoms with Crippen molar-refractivity contribution in [3.05, 3.63) is 0 Å². The molecule has 3 N–H and O–H groups in total. The molecule has 1 rings (SSSR count). The number of cyclic esters (lactones) is 1. The highest BCUT2D eigenvalue weighted by Gasteiger charge is 2.53. The molecule has 1 unspecified atom stereocenters. The maximum absolute atomic E-state index is 12.7. The fraction of sp³-hybridized carbons (Fsp3) is 0.818. The number of carbonyl (C=O) groups excluding carboxylic acids is 2. The van der Waals surface area contributed by atoms with E-state index in [2.05, 4.69) is 10.1 Å². The summed E-state index contributed by atoms with van der Waals surface area (Å²) in [7, 11) is 0. The van der Waals surface area contributed by atoms with Gasteiger partial charge in [0, 0.05) is 0 Å². The molecule has 110 valence electrons. The number of primary amides is 1. The van der Waals surface area contributed by atoms with E-state index >= 15 is 0 Å². The van der Waals surface area contributed by atoms with Crippen LogP contribution in [0.3, 0.4) is 0 Å². The van der Waals surface area contributed by atoms with Gasteiger partial charge in [0.2, 0.25) is 5.91 Å². The average Bonchev–Trinajstić information content (AvgIpc) is 2.58. The summed E-state index contributed by atoms with van der Waals surface area (Å²) in [4.78, 5) is 22.6. The molecule has 1 amide bonds. The Morgan fingerprint density at radius 2 is 2.11 bits per heavy atom. The summed E-state index contributed by atoms with van der Waals surface area (Å²) in [6, 6.07) is -2.56. The fourth-order valence-corrected chi connectivity index (χ4v) is 1.94. The first-order valence-electron chi connectivity index (χ1n) is 5.91. The maximum Gasteiger partial charge on any atom is 0.397 e. The molecule has 19 heavy (non-hydrogen) atoms. The molecule has 0 aromatic carbocycles. The van der Waals surface area contributed by atoms with Crippen LogP contribution in [0.15, 0.2) is 0 Å². The van der Waals surface area contributed by atoms with Crippen molar-refractivity contribution in [2.75, 3.05) is 6.61 Å². The first kappa shape index (κ1) is 15.7. The lowest BCUT2D eigenvalue weighted by Gasteiger charge is -2.24. The first-order chi connectivity index (χ1) is 8.62. The van der Waals surface area contributed by atoms with Crippen LogP contribution in [0.2, 0.25) is 0 Å². The first-order valence-corrected chi connectivity index (χ1v) is 5.91. The van der Waals surface area contributed by atoms with E-state index in [0.29, 0.717) is 0 Å². The third kappa shape index (κ3) is 4.09. The largest absolute Gasteiger partial charge is 0.464 e. The Morgan fingerprint density at radius 1 is 1.53 bits per heavy atom. The van der Waals surface area contributed by atoms with E-state index in [4.69, 9.17) is 5.73 Å². The highest BCUT2D eigenvalue weighted by molar-refractivity contribution is 5.83. The topological polar surface area (TPSA) is 81.4 Å². The van der Waals surface area contributed by atoms with Crippen molar-refractivity contribution in [1.82, 2.24) is 5.32 Å². The van der Waals surface area contributed by atoms with E-state index in [-0.39, 0.29) is 12.3 Å². The van der Waals surface area contributed by atoms with Crippen LogP contribution in [0, 0.1) is 11.8 Å². The molecule has 0 aliphatic carbocycles. The second-order valence-electron chi connectivity index (χ2n) is 5.01. The number of alkyl halides is 3. The summed E-state index contributed by atoms with van der Waals surface area (Å²) in [6.07, 6.45) is -4.31. The van der Waals surface area contributed by atoms with E-state index in [1.165, 1.54) is 0 Å². The number of hydrogen-bond donors (Lipinski definition) is 2. The number of esters is 1. The van der Waals surface area contributed by atoms with Crippen molar-refractivity contribution < 1.29 is 27.5 Å². The molecule has 1 aliphatic rings. The van der Waals surface area contributed by atoms with Crippen molar-refractivity contribution >= 4 is 11.9 Å². The molecule has 0 spiro atoms. The van der Waals surface area contributed by atoms with Gasteiger partial charge in [-0.1, -0.05) is 13.8 Å². The number of amides is 1. The zero-order valence-electron chi connectivity index (χ0n) is 10.7. The number of nitrogens with two attached hydrogens (primary N) is 1. The number of carbonyl (C=O) groups is 2. The third-order valence-electron chi connectivity index (χ3n) is 2.91. The molecule has 1 aliphatic heterocycles. The summed E-state index contributed by atoms with van der Waals surface area (Å²) < 4.78 is 42.5. The van der Waals surface area contributed by atoms with Gasteiger partial charge in [0.05, 0.1) is 6.04 Å². The van der Waals surface area contributed by atoms with Crippen LogP contribution in [0.5, 0.6) is 0 Å². The molecule has 5 nitrogen and oxygen atoms in total. The lowest BCUT2D eigenvalue weighted by molar-refractivity contribution is -0.178. The van der Waals surface area contributed by atoms with Gasteiger partial charge in [-0.25, -0.2) is 0 Å². The predicted octanol–water partition coefficient (Wildman–Crippen LogP) is 0.580. The Kier molecular flexibility index (Phi) is 4.78. The van der Waals surface area contributed by atoms with Crippen molar-refractivity contribution in [2.24, 2.45) is 17.6 Å². The smallest absolute Gasteiger partial charge is 0.397 e. The molecule has 1 saturated heterocycles. The van der Waals surface area contributed by atoms with Gasteiger partial charge < -0.3 is 10.5 Å². The van der Waals surface area contributed by atoms with Gasteiger partial charge in [0.25, 0.3) is 0 Å². The number of nitrogens with one attached hydrogen (secondary N) is 1. The Morgan fingerprint density at radius 3 is 2.53 bits per heavy atom. The van der Waals surface area contributed by atoms with E-state index in [1.807, 2.05) is 0 Å². The van der Waals surface area contributed by atoms with E-state index < -0.39 is 42.7 Å². The summed E-state index contributed by atoms with van der Waals surface area (Å²) in [5.41, 5.74) is 5.13. The molecule has 0 aromatic heterocycles. The Hall–Kier alpha value is -1.31. The summed E-state index contributed by atoms with van der Waals surface area (Å²) in [6.45, 7) is 2.87. The number of rotatable bonds is 5. The van der Waals surface area contributed by atoms with Gasteiger partial charge >= 0.3 is 12.1 Å². The van der Waals surface area contributed by atoms with Gasteiger partial charge in [-0.05, 0) is 12.3 Å². The summed E-state index contributed by atoms with van der Waals surface area (Å²) >= 11 is 0. The molecular weight excluding hydrogens is 265 g/mol. The zero-order chi connectivity index (χ0) is 14.8. The van der Waals surface area contributed by atoms with Gasteiger partial charge in [-0.2, -0.15) is 13.2 Å². The monoisotopic (exact) mass is 282 g/mol. The minimum atomic E-state index is -4.57. The number of halogens is 3. The van der Waals surface area contributed by atoms with Crippen LogP contribution in [-0.2, 0) is 14.3 Å². The lowest BCUT2D eigenvalue weighted by atomic mass is 9.98. The highest BCUT2D eigenvalue weighted by atomic mass is 19.4. The lowest BCUT2D eigenvalue weighted by Crippen LogP contribution is -2.53. The van der Waals surface area contributed by atoms with Crippen molar-refractivity contribution in [3.8, 4) is 0 Å². The van der Waals surface area contributed by atoms with Crippen LogP contribution < -0.4 is 11.1 Å². The van der Waals surface area contributed by atoms with Gasteiger partial charge in [-0.15, -0.1) is 0 Å². The number of ether oxygens (including phenoxy) is 1. The standard InChI is InChI=1S/C11H17F3N2O3/c1-5(2)3-7(9(15)17)16-8-6(11(12,13)14)4-19-10(8)18/h5-8,16H,3-4H2,1-2H3,(H2,15,17)/t6?,7-,8-/m0/s1. The second-order valence-corrected chi connectivity index (χ2v) is 5.01. The Labute approximate surface area is 108 Å². The zero-order valence-corrected chi connectivity index (χ0v) is 10.7. The second kappa shape index (κ2) is 5.77. The molecule has 0 aromatic rings. The molecule has 0 bridgehead atoms. The van der Waals surface area contributed by atoms with E-state index in [9.17, 15) is 22.8 Å². The Balaban J connectivity index is 2.80. The molecule has 0 saturated carbocycles. The molecule has 1 fully saturated rings. The van der Waals surface area contributed by atoms with Crippen molar-refractivity contribution in [3.63, 3.8) is 0 Å². The number of hydrogen-bond acceptors (Lipinski definition) is 4. The van der Waals surface area contributed by atoms with Crippen LogP contribution >= 0.6 is 0 Å². The van der Waals surface area contributed by atoms with E-state index in [0.717, 1.165) is 0 Å². The van der Waals surface area contributed by atoms with Crippen LogP contribution in [0.1, 0.15) is 20.3 Å². The predicted molar refractivity (Wildman–Crippen MR) is 59.9 cm³/mol. The summed E-state index contributed by atoms with van der Waals surface area (Å²) in [5, 5.41) is 2.38. The molecule has 0 radical (unpaired) electrons. The van der Waals surface area contributed by atoms with Crippen LogP contribution in [-0.4, -0.2) is 36.7 Å². The normalized spacial score (nSPS) is 25.5. The minimum Gasteiger partial charge on any atom is -0.464 e. The summed E-state index contributed by atoms with van der Waals surface area (Å²) in [5.74, 6) is -3.69. The van der Waals surface area contributed by atoms with Crippen molar-refractivity contribution in [2.45, 2.75) is 38.5 Å². The van der Waals surface area contributed by atoms with Crippen molar-refractivity contribution in [1.29, 1.82) is 0 Å². The molecule has 3 atom stereocenters. The van der Waals surface area contributed by atoms with Crippen LogP contribution in [0.4, 0.5) is 13.2 Å². The fourth-order valence-electron chi connectivity index (χ4n) is 1.94. The van der Waals surface area contributed by atoms with Crippen LogP contribution in [0.25, 0.3) is 0 Å². The van der Waals surface area contributed by atoms with Gasteiger partial charge in [0.15, 0.2) is 0 Å². The minimum absolute atomic E-state index is 0.0479. The average molecular weight is 282 g/mol. The third-order valence-corrected chi connectivity index (χ3v) is 2.91.